The second kappa shape index (κ2) is 20.9. The maximum Gasteiger partial charge on any atom is 0.504 e. The lowest BCUT2D eigenvalue weighted by atomic mass is 9.89. The molecule has 2 aliphatic carbocycles. The Kier molecular flexibility index (Phi) is 18.6. The first-order chi connectivity index (χ1) is 22.9. The molecule has 0 spiro atoms. The van der Waals surface area contributed by atoms with Gasteiger partial charge in [0.25, 0.3) is 0 Å². The summed E-state index contributed by atoms with van der Waals surface area (Å²) >= 11 is 0. The Labute approximate surface area is 284 Å². The molecule has 49 heavy (non-hydrogen) atoms. The van der Waals surface area contributed by atoms with Crippen LogP contribution in [0.15, 0.2) is 0 Å². The van der Waals surface area contributed by atoms with E-state index in [9.17, 15) is 46.3 Å². The fourth-order valence-corrected chi connectivity index (χ4v) is 4.54. The van der Waals surface area contributed by atoms with E-state index in [4.69, 9.17) is 9.47 Å². The molecule has 0 aromatic rings. The molecule has 282 valence electrons. The maximum absolute atomic E-state index is 13.6. The normalized spacial score (nSPS) is 16.6. The molecule has 0 aromatic carbocycles. The number of ether oxygens (including phenoxy) is 6. The number of rotatable bonds is 16. The van der Waals surface area contributed by atoms with E-state index in [0.717, 1.165) is 38.5 Å². The van der Waals surface area contributed by atoms with Gasteiger partial charge >= 0.3 is 48.0 Å². The molecule has 0 N–H and O–H groups in total. The van der Waals surface area contributed by atoms with Crippen molar-refractivity contribution in [1.29, 1.82) is 0 Å². The van der Waals surface area contributed by atoms with E-state index in [2.05, 4.69) is 18.9 Å². The monoisotopic (exact) mass is 714 g/mol. The van der Waals surface area contributed by atoms with Crippen LogP contribution in [0.5, 0.6) is 0 Å². The Hall–Kier alpha value is -3.46. The summed E-state index contributed by atoms with van der Waals surface area (Å²) in [5.41, 5.74) is -0.705. The molecule has 0 radical (unpaired) electrons. The first-order valence-corrected chi connectivity index (χ1v) is 16.8. The smallest absolute Gasteiger partial charge is 0.462 e. The minimum Gasteiger partial charge on any atom is -0.462 e. The standard InChI is InChI=1S/C17H26F2O6.C16H24F2O6/c1-4-16(2,3)14(21)23-10-11-24-15(22)17(18,19)25-13(20)12-8-6-5-7-9-12;1-3-11(2)13(19)22-9-10-23-15(21)16(17,18)24-14(20)12-7-5-4-6-8-12/h12H,4-11H2,1-3H3;11-12H,3-10H2,1-2H3. The summed E-state index contributed by atoms with van der Waals surface area (Å²) in [6.45, 7) is 6.88. The third-order valence-electron chi connectivity index (χ3n) is 8.37. The van der Waals surface area contributed by atoms with Gasteiger partial charge in [-0.2, -0.15) is 17.6 Å². The highest BCUT2D eigenvalue weighted by Gasteiger charge is 2.48. The Morgan fingerprint density at radius 1 is 0.592 bits per heavy atom. The van der Waals surface area contributed by atoms with Crippen LogP contribution in [-0.4, -0.2) is 74.5 Å². The molecular formula is C33H50F4O12. The molecule has 1 unspecified atom stereocenters. The zero-order valence-electron chi connectivity index (χ0n) is 29.0. The Morgan fingerprint density at radius 2 is 0.939 bits per heavy atom. The van der Waals surface area contributed by atoms with E-state index in [1.165, 1.54) is 0 Å². The molecular weight excluding hydrogens is 664 g/mol. The molecule has 0 aliphatic heterocycles. The van der Waals surface area contributed by atoms with Crippen LogP contribution < -0.4 is 0 Å². The second-order valence-corrected chi connectivity index (χ2v) is 12.7. The molecule has 2 rings (SSSR count). The lowest BCUT2D eigenvalue weighted by Crippen LogP contribution is -2.39. The number of esters is 6. The second-order valence-electron chi connectivity index (χ2n) is 12.7. The van der Waals surface area contributed by atoms with Gasteiger partial charge in [-0.05, 0) is 52.4 Å². The Bertz CT molecular complexity index is 1100. The average Bonchev–Trinajstić information content (AvgIpc) is 3.08. The molecule has 12 nitrogen and oxygen atoms in total. The SMILES string of the molecule is CCC(C)(C)C(=O)OCCOC(=O)C(F)(F)OC(=O)C1CCCCC1.CCC(C)C(=O)OCCOC(=O)C(F)(F)OC(=O)C1CCCCC1. The fraction of sp³-hybridized carbons (Fsp3) is 0.818. The third-order valence-corrected chi connectivity index (χ3v) is 8.37. The van der Waals surface area contributed by atoms with Gasteiger partial charge in [0, 0.05) is 0 Å². The molecule has 16 heteroatoms. The van der Waals surface area contributed by atoms with Crippen molar-refractivity contribution in [1.82, 2.24) is 0 Å². The summed E-state index contributed by atoms with van der Waals surface area (Å²) in [6, 6.07) is 0. The zero-order valence-corrected chi connectivity index (χ0v) is 29.0. The van der Waals surface area contributed by atoms with Crippen molar-refractivity contribution < 1.29 is 74.8 Å². The number of hydrogen-bond acceptors (Lipinski definition) is 12. The van der Waals surface area contributed by atoms with Crippen LogP contribution in [0.4, 0.5) is 17.6 Å². The summed E-state index contributed by atoms with van der Waals surface area (Å²) in [5.74, 6) is -8.64. The van der Waals surface area contributed by atoms with Gasteiger partial charge in [-0.3, -0.25) is 19.2 Å². The van der Waals surface area contributed by atoms with E-state index in [-0.39, 0.29) is 19.1 Å². The Morgan fingerprint density at radius 3 is 1.29 bits per heavy atom. The van der Waals surface area contributed by atoms with Gasteiger partial charge in [0.2, 0.25) is 0 Å². The van der Waals surface area contributed by atoms with E-state index >= 15 is 0 Å². The first kappa shape index (κ1) is 43.6. The number of alkyl halides is 4. The van der Waals surface area contributed by atoms with Crippen LogP contribution in [0.1, 0.15) is 112 Å². The van der Waals surface area contributed by atoms with Crippen LogP contribution in [0.2, 0.25) is 0 Å². The van der Waals surface area contributed by atoms with Gasteiger partial charge < -0.3 is 28.4 Å². The van der Waals surface area contributed by atoms with Crippen molar-refractivity contribution in [2.45, 2.75) is 124 Å². The lowest BCUT2D eigenvalue weighted by molar-refractivity contribution is -0.247. The molecule has 2 aliphatic rings. The van der Waals surface area contributed by atoms with Gasteiger partial charge in [-0.25, -0.2) is 9.59 Å². The van der Waals surface area contributed by atoms with Crippen LogP contribution in [0, 0.1) is 23.2 Å². The molecule has 2 fully saturated rings. The molecule has 0 aromatic heterocycles. The van der Waals surface area contributed by atoms with Crippen molar-refractivity contribution in [2.75, 3.05) is 26.4 Å². The highest BCUT2D eigenvalue weighted by Crippen LogP contribution is 2.29. The van der Waals surface area contributed by atoms with Crippen LogP contribution in [-0.2, 0) is 57.2 Å². The van der Waals surface area contributed by atoms with Gasteiger partial charge in [-0.15, -0.1) is 0 Å². The predicted octanol–water partition coefficient (Wildman–Crippen LogP) is 6.06. The van der Waals surface area contributed by atoms with E-state index in [1.807, 2.05) is 6.92 Å². The number of carbonyl (C=O) groups excluding carboxylic acids is 6. The lowest BCUT2D eigenvalue weighted by Gasteiger charge is -2.23. The number of hydrogen-bond donors (Lipinski definition) is 0. The molecule has 0 saturated heterocycles. The van der Waals surface area contributed by atoms with Gasteiger partial charge in [0.1, 0.15) is 26.4 Å². The number of halogens is 4. The number of carbonyl (C=O) groups is 6. The van der Waals surface area contributed by atoms with Crippen molar-refractivity contribution in [2.24, 2.45) is 23.2 Å². The molecule has 0 heterocycles. The quantitative estimate of drug-likeness (QED) is 0.0789. The fourth-order valence-electron chi connectivity index (χ4n) is 4.54. The van der Waals surface area contributed by atoms with E-state index in [0.29, 0.717) is 38.5 Å². The van der Waals surface area contributed by atoms with Crippen LogP contribution >= 0.6 is 0 Å². The minimum atomic E-state index is -4.35. The van der Waals surface area contributed by atoms with E-state index in [1.54, 1.807) is 27.7 Å². The van der Waals surface area contributed by atoms with Crippen LogP contribution in [0.3, 0.4) is 0 Å². The third kappa shape index (κ3) is 15.7. The van der Waals surface area contributed by atoms with E-state index < -0.39 is 78.5 Å². The largest absolute Gasteiger partial charge is 0.504 e. The van der Waals surface area contributed by atoms with Crippen LogP contribution in [0.25, 0.3) is 0 Å². The highest BCUT2D eigenvalue weighted by atomic mass is 19.3. The van der Waals surface area contributed by atoms with Crippen molar-refractivity contribution >= 4 is 35.8 Å². The summed E-state index contributed by atoms with van der Waals surface area (Å²) in [6.07, 6.45) is -0.636. The summed E-state index contributed by atoms with van der Waals surface area (Å²) in [4.78, 5) is 69.1. The summed E-state index contributed by atoms with van der Waals surface area (Å²) < 4.78 is 80.7. The summed E-state index contributed by atoms with van der Waals surface area (Å²) in [7, 11) is 0. The van der Waals surface area contributed by atoms with Gasteiger partial charge in [0.05, 0.1) is 23.2 Å². The highest BCUT2D eigenvalue weighted by molar-refractivity contribution is 5.82. The van der Waals surface area contributed by atoms with Crippen molar-refractivity contribution in [3.05, 3.63) is 0 Å². The Balaban J connectivity index is 0.000000490. The molecule has 0 amide bonds. The molecule has 2 saturated carbocycles. The van der Waals surface area contributed by atoms with Crippen molar-refractivity contribution in [3.8, 4) is 0 Å². The average molecular weight is 715 g/mol. The maximum atomic E-state index is 13.6. The predicted molar refractivity (Wildman–Crippen MR) is 163 cm³/mol. The minimum absolute atomic E-state index is 0.321. The molecule has 0 bridgehead atoms. The van der Waals surface area contributed by atoms with Gasteiger partial charge in [0.15, 0.2) is 0 Å². The van der Waals surface area contributed by atoms with Gasteiger partial charge in [-0.1, -0.05) is 59.3 Å². The molecule has 1 atom stereocenters. The topological polar surface area (TPSA) is 158 Å². The summed E-state index contributed by atoms with van der Waals surface area (Å²) in [5, 5.41) is 0. The first-order valence-electron chi connectivity index (χ1n) is 16.8. The zero-order chi connectivity index (χ0) is 37.3. The van der Waals surface area contributed by atoms with Crippen molar-refractivity contribution in [3.63, 3.8) is 0 Å².